The maximum atomic E-state index is 10.5. The predicted octanol–water partition coefficient (Wildman–Crippen LogP) is 2.65. The SMILES string of the molecule is CC(CO)CSCc1ccccc1C=CC(=O)O. The molecule has 1 unspecified atom stereocenters. The van der Waals surface area contributed by atoms with Gasteiger partial charge in [-0.15, -0.1) is 0 Å². The van der Waals surface area contributed by atoms with Crippen molar-refractivity contribution in [3.63, 3.8) is 0 Å². The van der Waals surface area contributed by atoms with E-state index in [0.717, 1.165) is 28.7 Å². The highest BCUT2D eigenvalue weighted by atomic mass is 32.2. The van der Waals surface area contributed by atoms with Crippen LogP contribution >= 0.6 is 11.8 Å². The number of carbonyl (C=O) groups is 1. The van der Waals surface area contributed by atoms with Gasteiger partial charge in [-0.2, -0.15) is 11.8 Å². The van der Waals surface area contributed by atoms with E-state index in [1.54, 1.807) is 17.8 Å². The number of carboxylic acid groups (broad SMARTS) is 1. The van der Waals surface area contributed by atoms with Crippen LogP contribution in [0.25, 0.3) is 6.08 Å². The lowest BCUT2D eigenvalue weighted by atomic mass is 10.1. The highest BCUT2D eigenvalue weighted by Crippen LogP contribution is 2.19. The maximum absolute atomic E-state index is 10.5. The van der Waals surface area contributed by atoms with E-state index in [1.807, 2.05) is 31.2 Å². The minimum absolute atomic E-state index is 0.202. The standard InChI is InChI=1S/C14H18O3S/c1-11(8-15)9-18-10-13-5-3-2-4-12(13)6-7-14(16)17/h2-7,11,15H,8-10H2,1H3,(H,16,17). The van der Waals surface area contributed by atoms with Crippen molar-refractivity contribution in [3.05, 3.63) is 41.5 Å². The Morgan fingerprint density at radius 1 is 1.44 bits per heavy atom. The van der Waals surface area contributed by atoms with Gasteiger partial charge in [-0.1, -0.05) is 31.2 Å². The summed E-state index contributed by atoms with van der Waals surface area (Å²) in [6.45, 7) is 2.21. The number of aliphatic hydroxyl groups is 1. The number of hydrogen-bond donors (Lipinski definition) is 2. The fraction of sp³-hybridized carbons (Fsp3) is 0.357. The Bertz CT molecular complexity index is 415. The van der Waals surface area contributed by atoms with Crippen LogP contribution in [0.4, 0.5) is 0 Å². The summed E-state index contributed by atoms with van der Waals surface area (Å²) in [6.07, 6.45) is 2.77. The summed E-state index contributed by atoms with van der Waals surface area (Å²) >= 11 is 1.75. The van der Waals surface area contributed by atoms with E-state index >= 15 is 0 Å². The van der Waals surface area contributed by atoms with E-state index in [2.05, 4.69) is 0 Å². The quantitative estimate of drug-likeness (QED) is 0.745. The molecule has 0 aromatic heterocycles. The van der Waals surface area contributed by atoms with E-state index in [9.17, 15) is 4.79 Å². The van der Waals surface area contributed by atoms with Crippen molar-refractivity contribution in [2.24, 2.45) is 5.92 Å². The van der Waals surface area contributed by atoms with Gasteiger partial charge in [-0.25, -0.2) is 4.79 Å². The van der Waals surface area contributed by atoms with E-state index in [4.69, 9.17) is 10.2 Å². The molecule has 98 valence electrons. The van der Waals surface area contributed by atoms with E-state index in [1.165, 1.54) is 0 Å². The molecule has 0 aliphatic carbocycles. The van der Waals surface area contributed by atoms with Gasteiger partial charge in [0, 0.05) is 18.4 Å². The molecule has 1 aromatic rings. The van der Waals surface area contributed by atoms with Gasteiger partial charge in [-0.3, -0.25) is 0 Å². The number of aliphatic hydroxyl groups excluding tert-OH is 1. The summed E-state index contributed by atoms with van der Waals surface area (Å²) in [6, 6.07) is 7.75. The largest absolute Gasteiger partial charge is 0.478 e. The molecule has 0 bridgehead atoms. The third kappa shape index (κ3) is 5.38. The lowest BCUT2D eigenvalue weighted by molar-refractivity contribution is -0.131. The molecule has 18 heavy (non-hydrogen) atoms. The fourth-order valence-corrected chi connectivity index (χ4v) is 2.52. The molecule has 0 aliphatic heterocycles. The van der Waals surface area contributed by atoms with Crippen LogP contribution in [0.5, 0.6) is 0 Å². The molecule has 0 amide bonds. The zero-order valence-electron chi connectivity index (χ0n) is 10.4. The second-order valence-corrected chi connectivity index (χ2v) is 5.20. The van der Waals surface area contributed by atoms with Crippen LogP contribution in [0.1, 0.15) is 18.1 Å². The van der Waals surface area contributed by atoms with E-state index < -0.39 is 5.97 Å². The van der Waals surface area contributed by atoms with Crippen LogP contribution in [0, 0.1) is 5.92 Å². The van der Waals surface area contributed by atoms with E-state index in [-0.39, 0.29) is 12.5 Å². The summed E-state index contributed by atoms with van der Waals surface area (Å²) in [4.78, 5) is 10.5. The second kappa shape index (κ2) is 7.95. The predicted molar refractivity (Wildman–Crippen MR) is 75.5 cm³/mol. The topological polar surface area (TPSA) is 57.5 Å². The van der Waals surface area contributed by atoms with Gasteiger partial charge in [0.05, 0.1) is 0 Å². The Morgan fingerprint density at radius 2 is 2.17 bits per heavy atom. The molecule has 0 heterocycles. The summed E-state index contributed by atoms with van der Waals surface area (Å²) in [5, 5.41) is 17.6. The fourth-order valence-electron chi connectivity index (χ4n) is 1.41. The Balaban J connectivity index is 2.62. The summed E-state index contributed by atoms with van der Waals surface area (Å²) < 4.78 is 0. The monoisotopic (exact) mass is 266 g/mol. The summed E-state index contributed by atoms with van der Waals surface area (Å²) in [7, 11) is 0. The van der Waals surface area contributed by atoms with Crippen molar-refractivity contribution in [1.29, 1.82) is 0 Å². The van der Waals surface area contributed by atoms with Gasteiger partial charge in [-0.05, 0) is 28.9 Å². The average Bonchev–Trinajstić information content (AvgIpc) is 2.37. The molecule has 1 rings (SSSR count). The molecular formula is C14H18O3S. The molecule has 4 heteroatoms. The first kappa shape index (κ1) is 14.8. The minimum Gasteiger partial charge on any atom is -0.478 e. The van der Waals surface area contributed by atoms with Crippen LogP contribution in [-0.2, 0) is 10.5 Å². The molecule has 0 fully saturated rings. The Hall–Kier alpha value is -1.26. The molecule has 0 radical (unpaired) electrons. The number of rotatable bonds is 7. The van der Waals surface area contributed by atoms with Crippen LogP contribution in [0.3, 0.4) is 0 Å². The number of carboxylic acids is 1. The number of thioether (sulfide) groups is 1. The normalized spacial score (nSPS) is 12.8. The third-order valence-electron chi connectivity index (χ3n) is 2.43. The third-order valence-corrected chi connectivity index (χ3v) is 3.75. The number of hydrogen-bond acceptors (Lipinski definition) is 3. The molecule has 2 N–H and O–H groups in total. The summed E-state index contributed by atoms with van der Waals surface area (Å²) in [5.74, 6) is 1.07. The van der Waals surface area contributed by atoms with Crippen molar-refractivity contribution >= 4 is 23.8 Å². The first-order chi connectivity index (χ1) is 8.63. The van der Waals surface area contributed by atoms with Crippen molar-refractivity contribution in [1.82, 2.24) is 0 Å². The van der Waals surface area contributed by atoms with Crippen LogP contribution in [0.2, 0.25) is 0 Å². The summed E-state index contributed by atoms with van der Waals surface area (Å²) in [5.41, 5.74) is 2.05. The van der Waals surface area contributed by atoms with Crippen molar-refractivity contribution in [3.8, 4) is 0 Å². The molecule has 3 nitrogen and oxygen atoms in total. The highest BCUT2D eigenvalue weighted by Gasteiger charge is 2.03. The molecule has 0 saturated heterocycles. The minimum atomic E-state index is -0.939. The highest BCUT2D eigenvalue weighted by molar-refractivity contribution is 7.98. The van der Waals surface area contributed by atoms with Crippen LogP contribution < -0.4 is 0 Å². The lowest BCUT2D eigenvalue weighted by Gasteiger charge is -2.09. The lowest BCUT2D eigenvalue weighted by Crippen LogP contribution is -2.03. The molecule has 1 atom stereocenters. The molecule has 0 saturated carbocycles. The van der Waals surface area contributed by atoms with Crippen molar-refractivity contribution in [2.75, 3.05) is 12.4 Å². The molecule has 0 aliphatic rings. The molecular weight excluding hydrogens is 248 g/mol. The van der Waals surface area contributed by atoms with Crippen molar-refractivity contribution < 1.29 is 15.0 Å². The van der Waals surface area contributed by atoms with Crippen molar-refractivity contribution in [2.45, 2.75) is 12.7 Å². The van der Waals surface area contributed by atoms with Gasteiger partial charge in [0.1, 0.15) is 0 Å². The first-order valence-electron chi connectivity index (χ1n) is 5.81. The van der Waals surface area contributed by atoms with Gasteiger partial charge in [0.15, 0.2) is 0 Å². The zero-order chi connectivity index (χ0) is 13.4. The number of aliphatic carboxylic acids is 1. The van der Waals surface area contributed by atoms with Crippen LogP contribution in [0.15, 0.2) is 30.3 Å². The van der Waals surface area contributed by atoms with Crippen LogP contribution in [-0.4, -0.2) is 28.5 Å². The molecule has 1 aromatic carbocycles. The smallest absolute Gasteiger partial charge is 0.328 e. The average molecular weight is 266 g/mol. The Morgan fingerprint density at radius 3 is 2.83 bits per heavy atom. The zero-order valence-corrected chi connectivity index (χ0v) is 11.2. The number of benzene rings is 1. The van der Waals surface area contributed by atoms with Gasteiger partial charge in [0.25, 0.3) is 0 Å². The van der Waals surface area contributed by atoms with Gasteiger partial charge >= 0.3 is 5.97 Å². The second-order valence-electron chi connectivity index (χ2n) is 4.17. The molecule has 0 spiro atoms. The van der Waals surface area contributed by atoms with E-state index in [0.29, 0.717) is 0 Å². The Kier molecular flexibility index (Phi) is 6.54. The first-order valence-corrected chi connectivity index (χ1v) is 6.96. The van der Waals surface area contributed by atoms with Gasteiger partial charge < -0.3 is 10.2 Å². The van der Waals surface area contributed by atoms with Gasteiger partial charge in [0.2, 0.25) is 0 Å². The Labute approximate surface area is 112 Å². The maximum Gasteiger partial charge on any atom is 0.328 e.